The quantitative estimate of drug-likeness (QED) is 0.381. The first-order valence-electron chi connectivity index (χ1n) is 6.06. The average molecular weight is 327 g/mol. The van der Waals surface area contributed by atoms with Crippen molar-refractivity contribution in [2.45, 2.75) is 6.92 Å². The zero-order valence-corrected chi connectivity index (χ0v) is 12.4. The standard InChI is InChI=1S/C11H11ClN6O4/c1-3-22-11(19)6-4-15-17(2)10(6)16-9-7(18(20)21)8(12)13-5-14-9/h4-5H,3H2,1-2H3,(H,13,14,16). The molecule has 10 nitrogen and oxygen atoms in total. The Morgan fingerprint density at radius 1 is 1.55 bits per heavy atom. The van der Waals surface area contributed by atoms with Crippen molar-refractivity contribution in [1.29, 1.82) is 0 Å². The van der Waals surface area contributed by atoms with Gasteiger partial charge < -0.3 is 10.1 Å². The normalized spacial score (nSPS) is 10.3. The summed E-state index contributed by atoms with van der Waals surface area (Å²) in [7, 11) is 1.56. The minimum absolute atomic E-state index is 0.119. The highest BCUT2D eigenvalue weighted by Crippen LogP contribution is 2.31. The summed E-state index contributed by atoms with van der Waals surface area (Å²) in [5, 5.41) is 17.3. The molecule has 0 aromatic carbocycles. The molecule has 0 radical (unpaired) electrons. The van der Waals surface area contributed by atoms with Gasteiger partial charge in [-0.15, -0.1) is 0 Å². The number of ether oxygens (including phenoxy) is 1. The summed E-state index contributed by atoms with van der Waals surface area (Å²) in [5.74, 6) is -0.573. The molecule has 0 saturated heterocycles. The van der Waals surface area contributed by atoms with Gasteiger partial charge in [0.15, 0.2) is 0 Å². The molecular formula is C11H11ClN6O4. The zero-order valence-electron chi connectivity index (χ0n) is 11.6. The van der Waals surface area contributed by atoms with Crippen LogP contribution in [0.3, 0.4) is 0 Å². The average Bonchev–Trinajstić information content (AvgIpc) is 2.80. The van der Waals surface area contributed by atoms with E-state index in [9.17, 15) is 14.9 Å². The molecule has 0 spiro atoms. The SMILES string of the molecule is CCOC(=O)c1cnn(C)c1Nc1ncnc(Cl)c1[N+](=O)[O-]. The van der Waals surface area contributed by atoms with Crippen molar-refractivity contribution in [3.8, 4) is 0 Å². The number of carbonyl (C=O) groups is 1. The van der Waals surface area contributed by atoms with Crippen LogP contribution in [0.25, 0.3) is 0 Å². The van der Waals surface area contributed by atoms with Crippen molar-refractivity contribution in [3.05, 3.63) is 33.4 Å². The van der Waals surface area contributed by atoms with Crippen molar-refractivity contribution in [1.82, 2.24) is 19.7 Å². The number of carbonyl (C=O) groups excluding carboxylic acids is 1. The van der Waals surface area contributed by atoms with Crippen LogP contribution in [-0.2, 0) is 11.8 Å². The number of hydrogen-bond acceptors (Lipinski definition) is 8. The van der Waals surface area contributed by atoms with Crippen LogP contribution in [0.5, 0.6) is 0 Å². The Balaban J connectivity index is 2.44. The molecule has 2 heterocycles. The van der Waals surface area contributed by atoms with Crippen molar-refractivity contribution >= 4 is 34.9 Å². The van der Waals surface area contributed by atoms with E-state index in [1.54, 1.807) is 14.0 Å². The Bertz CT molecular complexity index is 731. The summed E-state index contributed by atoms with van der Waals surface area (Å²) >= 11 is 5.71. The first-order valence-corrected chi connectivity index (χ1v) is 6.44. The van der Waals surface area contributed by atoms with Crippen LogP contribution in [0.15, 0.2) is 12.5 Å². The smallest absolute Gasteiger partial charge is 0.348 e. The fourth-order valence-corrected chi connectivity index (χ4v) is 1.87. The van der Waals surface area contributed by atoms with Crippen LogP contribution in [0, 0.1) is 10.1 Å². The molecule has 2 aromatic rings. The molecule has 0 bridgehead atoms. The Hall–Kier alpha value is -2.75. The molecule has 0 unspecified atom stereocenters. The van der Waals surface area contributed by atoms with Gasteiger partial charge in [0.05, 0.1) is 17.7 Å². The van der Waals surface area contributed by atoms with Crippen LogP contribution in [0.4, 0.5) is 17.3 Å². The first-order chi connectivity index (χ1) is 10.5. The molecule has 0 fully saturated rings. The van der Waals surface area contributed by atoms with E-state index in [2.05, 4.69) is 20.4 Å². The highest BCUT2D eigenvalue weighted by Gasteiger charge is 2.25. The van der Waals surface area contributed by atoms with Gasteiger partial charge in [0.25, 0.3) is 0 Å². The minimum atomic E-state index is -0.717. The van der Waals surface area contributed by atoms with Gasteiger partial charge in [-0.05, 0) is 6.92 Å². The lowest BCUT2D eigenvalue weighted by molar-refractivity contribution is -0.384. The number of aromatic nitrogens is 4. The monoisotopic (exact) mass is 326 g/mol. The molecule has 0 atom stereocenters. The summed E-state index contributed by atoms with van der Waals surface area (Å²) in [6.45, 7) is 1.85. The second-order valence-electron chi connectivity index (χ2n) is 3.99. The molecule has 1 N–H and O–H groups in total. The molecular weight excluding hydrogens is 316 g/mol. The Kier molecular flexibility index (Phi) is 4.51. The molecule has 22 heavy (non-hydrogen) atoms. The van der Waals surface area contributed by atoms with Gasteiger partial charge in [-0.2, -0.15) is 5.10 Å². The Morgan fingerprint density at radius 3 is 2.91 bits per heavy atom. The third-order valence-electron chi connectivity index (χ3n) is 2.63. The summed E-state index contributed by atoms with van der Waals surface area (Å²) in [6.07, 6.45) is 2.35. The Labute approximate surface area is 129 Å². The summed E-state index contributed by atoms with van der Waals surface area (Å²) < 4.78 is 6.22. The fraction of sp³-hybridized carbons (Fsp3) is 0.273. The lowest BCUT2D eigenvalue weighted by Crippen LogP contribution is -2.10. The van der Waals surface area contributed by atoms with E-state index in [1.807, 2.05) is 0 Å². The zero-order chi connectivity index (χ0) is 16.3. The number of nitro groups is 1. The number of aryl methyl sites for hydroxylation is 1. The van der Waals surface area contributed by atoms with Gasteiger partial charge in [0, 0.05) is 7.05 Å². The third kappa shape index (κ3) is 2.96. The fourth-order valence-electron chi connectivity index (χ4n) is 1.67. The maximum Gasteiger partial charge on any atom is 0.348 e. The number of halogens is 1. The van der Waals surface area contributed by atoms with Crippen molar-refractivity contribution < 1.29 is 14.5 Å². The minimum Gasteiger partial charge on any atom is -0.462 e. The van der Waals surface area contributed by atoms with Crippen molar-refractivity contribution in [2.24, 2.45) is 7.05 Å². The van der Waals surface area contributed by atoms with Crippen LogP contribution >= 0.6 is 11.6 Å². The molecule has 0 aliphatic rings. The van der Waals surface area contributed by atoms with Crippen LogP contribution < -0.4 is 5.32 Å². The van der Waals surface area contributed by atoms with E-state index in [4.69, 9.17) is 16.3 Å². The second kappa shape index (κ2) is 6.35. The van der Waals surface area contributed by atoms with Crippen molar-refractivity contribution in [2.75, 3.05) is 11.9 Å². The molecule has 11 heteroatoms. The van der Waals surface area contributed by atoms with Crippen molar-refractivity contribution in [3.63, 3.8) is 0 Å². The Morgan fingerprint density at radius 2 is 2.27 bits per heavy atom. The third-order valence-corrected chi connectivity index (χ3v) is 2.91. The van der Waals surface area contributed by atoms with Crippen LogP contribution in [0.1, 0.15) is 17.3 Å². The summed E-state index contributed by atoms with van der Waals surface area (Å²) in [6, 6.07) is 0. The number of hydrogen-bond donors (Lipinski definition) is 1. The summed E-state index contributed by atoms with van der Waals surface area (Å²) in [4.78, 5) is 29.5. The number of rotatable bonds is 5. The lowest BCUT2D eigenvalue weighted by atomic mass is 10.3. The van der Waals surface area contributed by atoms with Gasteiger partial charge in [-0.25, -0.2) is 14.8 Å². The van der Waals surface area contributed by atoms with Crippen LogP contribution in [0.2, 0.25) is 5.15 Å². The van der Waals surface area contributed by atoms with Gasteiger partial charge in [0.2, 0.25) is 11.0 Å². The van der Waals surface area contributed by atoms with Gasteiger partial charge in [-0.1, -0.05) is 11.6 Å². The number of nitrogens with zero attached hydrogens (tertiary/aromatic N) is 5. The summed E-state index contributed by atoms with van der Waals surface area (Å²) in [5.41, 5.74) is -0.381. The maximum atomic E-state index is 11.8. The predicted octanol–water partition coefficient (Wildman–Crippen LogP) is 1.69. The van der Waals surface area contributed by atoms with Gasteiger partial charge in [-0.3, -0.25) is 14.8 Å². The molecule has 0 aliphatic carbocycles. The lowest BCUT2D eigenvalue weighted by Gasteiger charge is -2.08. The second-order valence-corrected chi connectivity index (χ2v) is 4.35. The van der Waals surface area contributed by atoms with E-state index in [1.165, 1.54) is 10.9 Å². The number of nitrogens with one attached hydrogen (secondary N) is 1. The van der Waals surface area contributed by atoms with Gasteiger partial charge >= 0.3 is 11.7 Å². The first kappa shape index (κ1) is 15.6. The molecule has 2 aromatic heterocycles. The number of esters is 1. The topological polar surface area (TPSA) is 125 Å². The predicted molar refractivity (Wildman–Crippen MR) is 76.1 cm³/mol. The molecule has 0 amide bonds. The maximum absolute atomic E-state index is 11.8. The highest BCUT2D eigenvalue weighted by atomic mass is 35.5. The van der Waals surface area contributed by atoms with E-state index in [0.717, 1.165) is 6.33 Å². The van der Waals surface area contributed by atoms with E-state index < -0.39 is 16.6 Å². The van der Waals surface area contributed by atoms with Crippen LogP contribution in [-0.4, -0.2) is 37.2 Å². The highest BCUT2D eigenvalue weighted by molar-refractivity contribution is 6.31. The van der Waals surface area contributed by atoms with E-state index in [-0.39, 0.29) is 29.0 Å². The van der Waals surface area contributed by atoms with E-state index in [0.29, 0.717) is 0 Å². The van der Waals surface area contributed by atoms with Gasteiger partial charge in [0.1, 0.15) is 17.7 Å². The molecule has 116 valence electrons. The molecule has 0 aliphatic heterocycles. The largest absolute Gasteiger partial charge is 0.462 e. The van der Waals surface area contributed by atoms with E-state index >= 15 is 0 Å². The molecule has 2 rings (SSSR count). The number of anilines is 2. The molecule has 0 saturated carbocycles.